The summed E-state index contributed by atoms with van der Waals surface area (Å²) >= 11 is 6.38. The van der Waals surface area contributed by atoms with Crippen molar-refractivity contribution in [3.05, 3.63) is 88.2 Å². The molecule has 2 saturated heterocycles. The van der Waals surface area contributed by atoms with E-state index in [2.05, 4.69) is 28.0 Å². The molecule has 3 heterocycles. The molecule has 0 spiro atoms. The first-order valence-electron chi connectivity index (χ1n) is 13.1. The van der Waals surface area contributed by atoms with E-state index in [-0.39, 0.29) is 5.91 Å². The molecule has 0 N–H and O–H groups in total. The fourth-order valence-electron chi connectivity index (χ4n) is 5.45. The topological polar surface area (TPSA) is 48.9 Å². The number of anilines is 1. The molecule has 37 heavy (non-hydrogen) atoms. The minimum atomic E-state index is 0.103. The van der Waals surface area contributed by atoms with Crippen LogP contribution in [-0.2, 0) is 6.54 Å². The van der Waals surface area contributed by atoms with Crippen LogP contribution in [0.15, 0.2) is 60.7 Å². The third-order valence-corrected chi connectivity index (χ3v) is 7.97. The average Bonchev–Trinajstić information content (AvgIpc) is 2.94. The number of aryl methyl sites for hydroxylation is 1. The summed E-state index contributed by atoms with van der Waals surface area (Å²) in [5.74, 6) is 1.25. The van der Waals surface area contributed by atoms with Crippen LogP contribution in [0.1, 0.15) is 46.1 Å². The molecule has 0 atom stereocenters. The molecule has 0 radical (unpaired) electrons. The summed E-state index contributed by atoms with van der Waals surface area (Å²) in [6.45, 7) is 7.80. The third kappa shape index (κ3) is 5.91. The van der Waals surface area contributed by atoms with E-state index in [1.54, 1.807) is 7.11 Å². The average molecular weight is 519 g/mol. The van der Waals surface area contributed by atoms with Crippen LogP contribution in [0.25, 0.3) is 0 Å². The van der Waals surface area contributed by atoms with Crippen molar-refractivity contribution < 1.29 is 9.53 Å². The predicted octanol–water partition coefficient (Wildman–Crippen LogP) is 5.39. The Morgan fingerprint density at radius 1 is 0.973 bits per heavy atom. The summed E-state index contributed by atoms with van der Waals surface area (Å²) in [6.07, 6.45) is 1.98. The Labute approximate surface area is 224 Å². The number of aromatic nitrogens is 1. The van der Waals surface area contributed by atoms with Crippen LogP contribution >= 0.6 is 11.6 Å². The Morgan fingerprint density at radius 3 is 2.46 bits per heavy atom. The molecule has 1 amide bonds. The zero-order chi connectivity index (χ0) is 25.8. The summed E-state index contributed by atoms with van der Waals surface area (Å²) < 4.78 is 5.38. The van der Waals surface area contributed by atoms with Gasteiger partial charge in [-0.2, -0.15) is 0 Å². The SMILES string of the molecule is COc1cccc(N2CCN(C(=O)c3ccc(C)nc3C3CCN(Cc4ccccc4Cl)CC3)CC2)c1. The van der Waals surface area contributed by atoms with Crippen molar-refractivity contribution >= 4 is 23.2 Å². The zero-order valence-electron chi connectivity index (χ0n) is 21.7. The number of rotatable bonds is 6. The number of carbonyl (C=O) groups is 1. The molecule has 5 rings (SSSR count). The second-order valence-electron chi connectivity index (χ2n) is 10.0. The van der Waals surface area contributed by atoms with Gasteiger partial charge in [0.25, 0.3) is 5.91 Å². The lowest BCUT2D eigenvalue weighted by Gasteiger charge is -2.37. The van der Waals surface area contributed by atoms with Crippen LogP contribution in [0.3, 0.4) is 0 Å². The van der Waals surface area contributed by atoms with Crippen LogP contribution in [0, 0.1) is 6.92 Å². The molecule has 0 unspecified atom stereocenters. The molecule has 0 aliphatic carbocycles. The van der Waals surface area contributed by atoms with Gasteiger partial charge in [0.1, 0.15) is 5.75 Å². The van der Waals surface area contributed by atoms with Crippen molar-refractivity contribution in [1.29, 1.82) is 0 Å². The molecule has 0 saturated carbocycles. The number of piperidine rings is 1. The van der Waals surface area contributed by atoms with Crippen molar-refractivity contribution in [2.45, 2.75) is 32.2 Å². The first kappa shape index (κ1) is 25.6. The van der Waals surface area contributed by atoms with Crippen LogP contribution in [-0.4, -0.2) is 67.1 Å². The minimum Gasteiger partial charge on any atom is -0.497 e. The molecule has 0 bridgehead atoms. The highest BCUT2D eigenvalue weighted by atomic mass is 35.5. The molecule has 2 fully saturated rings. The molecule has 6 nitrogen and oxygen atoms in total. The number of halogens is 1. The van der Waals surface area contributed by atoms with Gasteiger partial charge in [-0.05, 0) is 68.8 Å². The molecule has 2 aliphatic rings. The first-order chi connectivity index (χ1) is 18.0. The highest BCUT2D eigenvalue weighted by Crippen LogP contribution is 2.32. The number of pyridine rings is 1. The van der Waals surface area contributed by atoms with Gasteiger partial charge in [-0.3, -0.25) is 14.7 Å². The number of hydrogen-bond acceptors (Lipinski definition) is 5. The number of likely N-dealkylation sites (tertiary alicyclic amines) is 1. The fraction of sp³-hybridized carbons (Fsp3) is 0.400. The number of nitrogens with zero attached hydrogens (tertiary/aromatic N) is 4. The van der Waals surface area contributed by atoms with Gasteiger partial charge in [0, 0.05) is 61.1 Å². The van der Waals surface area contributed by atoms with E-state index in [0.29, 0.717) is 19.0 Å². The fourth-order valence-corrected chi connectivity index (χ4v) is 5.64. The number of methoxy groups -OCH3 is 1. The zero-order valence-corrected chi connectivity index (χ0v) is 22.5. The molecule has 2 aromatic carbocycles. The van der Waals surface area contributed by atoms with Crippen molar-refractivity contribution in [2.24, 2.45) is 0 Å². The van der Waals surface area contributed by atoms with Gasteiger partial charge in [0.05, 0.1) is 18.4 Å². The number of benzene rings is 2. The van der Waals surface area contributed by atoms with Gasteiger partial charge in [-0.15, -0.1) is 0 Å². The van der Waals surface area contributed by atoms with E-state index in [9.17, 15) is 4.79 Å². The van der Waals surface area contributed by atoms with Crippen molar-refractivity contribution in [3.63, 3.8) is 0 Å². The lowest BCUT2D eigenvalue weighted by Crippen LogP contribution is -2.49. The van der Waals surface area contributed by atoms with Crippen molar-refractivity contribution in [1.82, 2.24) is 14.8 Å². The lowest BCUT2D eigenvalue weighted by molar-refractivity contribution is 0.0743. The van der Waals surface area contributed by atoms with Gasteiger partial charge in [0.15, 0.2) is 0 Å². The second kappa shape index (κ2) is 11.5. The molecule has 2 aliphatic heterocycles. The number of ether oxygens (including phenoxy) is 1. The Hall–Kier alpha value is -3.09. The van der Waals surface area contributed by atoms with Crippen LogP contribution < -0.4 is 9.64 Å². The van der Waals surface area contributed by atoms with E-state index in [1.807, 2.05) is 54.3 Å². The predicted molar refractivity (Wildman–Crippen MR) is 149 cm³/mol. The van der Waals surface area contributed by atoms with Gasteiger partial charge in [-0.25, -0.2) is 0 Å². The smallest absolute Gasteiger partial charge is 0.255 e. The van der Waals surface area contributed by atoms with E-state index >= 15 is 0 Å². The maximum Gasteiger partial charge on any atom is 0.255 e. The molecular weight excluding hydrogens is 484 g/mol. The van der Waals surface area contributed by atoms with Crippen LogP contribution in [0.4, 0.5) is 5.69 Å². The summed E-state index contributed by atoms with van der Waals surface area (Å²) in [6, 6.07) is 20.1. The second-order valence-corrected chi connectivity index (χ2v) is 10.4. The Balaban J connectivity index is 1.23. The molecular formula is C30H35ClN4O2. The van der Waals surface area contributed by atoms with Gasteiger partial charge in [-0.1, -0.05) is 35.9 Å². The third-order valence-electron chi connectivity index (χ3n) is 7.61. The normalized spacial score (nSPS) is 17.2. The van der Waals surface area contributed by atoms with Crippen LogP contribution in [0.2, 0.25) is 5.02 Å². The number of hydrogen-bond donors (Lipinski definition) is 0. The summed E-state index contributed by atoms with van der Waals surface area (Å²) in [7, 11) is 1.69. The van der Waals surface area contributed by atoms with Gasteiger partial charge in [0.2, 0.25) is 0 Å². The summed E-state index contributed by atoms with van der Waals surface area (Å²) in [4.78, 5) is 25.3. The van der Waals surface area contributed by atoms with Crippen molar-refractivity contribution in [3.8, 4) is 5.75 Å². The molecule has 194 valence electrons. The number of piperazine rings is 1. The van der Waals surface area contributed by atoms with Crippen molar-refractivity contribution in [2.75, 3.05) is 51.3 Å². The quantitative estimate of drug-likeness (QED) is 0.437. The Bertz CT molecular complexity index is 1230. The lowest BCUT2D eigenvalue weighted by atomic mass is 9.89. The maximum absolute atomic E-state index is 13.7. The van der Waals surface area contributed by atoms with E-state index in [0.717, 1.165) is 79.0 Å². The monoisotopic (exact) mass is 518 g/mol. The minimum absolute atomic E-state index is 0.103. The van der Waals surface area contributed by atoms with Gasteiger partial charge >= 0.3 is 0 Å². The number of amides is 1. The summed E-state index contributed by atoms with van der Waals surface area (Å²) in [5, 5.41) is 0.823. The summed E-state index contributed by atoms with van der Waals surface area (Å²) in [5.41, 5.74) is 5.00. The van der Waals surface area contributed by atoms with Crippen LogP contribution in [0.5, 0.6) is 5.75 Å². The highest BCUT2D eigenvalue weighted by molar-refractivity contribution is 6.31. The van der Waals surface area contributed by atoms with E-state index in [1.165, 1.54) is 5.56 Å². The Kier molecular flexibility index (Phi) is 7.96. The van der Waals surface area contributed by atoms with Gasteiger partial charge < -0.3 is 14.5 Å². The maximum atomic E-state index is 13.7. The largest absolute Gasteiger partial charge is 0.497 e. The Morgan fingerprint density at radius 2 is 1.73 bits per heavy atom. The standard InChI is InChI=1S/C30H35ClN4O2/c1-22-10-11-27(30(36)35-18-16-34(17-19-35)25-7-5-8-26(20-25)37-2)29(32-22)23-12-14-33(15-13-23)21-24-6-3-4-9-28(24)31/h3-11,20,23H,12-19,21H2,1-2H3. The molecule has 1 aromatic heterocycles. The first-order valence-corrected chi connectivity index (χ1v) is 13.5. The van der Waals surface area contributed by atoms with E-state index in [4.69, 9.17) is 21.3 Å². The van der Waals surface area contributed by atoms with E-state index < -0.39 is 0 Å². The number of carbonyl (C=O) groups excluding carboxylic acids is 1. The highest BCUT2D eigenvalue weighted by Gasteiger charge is 2.29. The molecule has 7 heteroatoms. The molecule has 3 aromatic rings.